The van der Waals surface area contributed by atoms with Gasteiger partial charge in [-0.2, -0.15) is 0 Å². The molecule has 0 spiro atoms. The summed E-state index contributed by atoms with van der Waals surface area (Å²) in [5.41, 5.74) is 0.518. The number of allylic oxidation sites excluding steroid dienone is 1. The van der Waals surface area contributed by atoms with E-state index in [0.29, 0.717) is 11.3 Å². The SMILES string of the molecule is O=C(O)COc1ccc(C(=O)/C=C/c2ccc(Br)s2)cc1. The molecule has 4 nitrogen and oxygen atoms in total. The molecule has 0 amide bonds. The normalized spacial score (nSPS) is 10.7. The van der Waals surface area contributed by atoms with Gasteiger partial charge in [-0.1, -0.05) is 0 Å². The van der Waals surface area contributed by atoms with Gasteiger partial charge >= 0.3 is 5.97 Å². The van der Waals surface area contributed by atoms with Gasteiger partial charge in [0.05, 0.1) is 3.79 Å². The Morgan fingerprint density at radius 3 is 2.48 bits per heavy atom. The van der Waals surface area contributed by atoms with E-state index < -0.39 is 12.6 Å². The molecule has 0 radical (unpaired) electrons. The highest BCUT2D eigenvalue weighted by Crippen LogP contribution is 2.23. The fourth-order valence-corrected chi connectivity index (χ4v) is 2.86. The third-order valence-corrected chi connectivity index (χ3v) is 4.08. The van der Waals surface area contributed by atoms with Crippen LogP contribution in [0.3, 0.4) is 0 Å². The Kier molecular flexibility index (Phi) is 5.30. The van der Waals surface area contributed by atoms with Crippen molar-refractivity contribution in [3.05, 3.63) is 56.7 Å². The molecule has 1 N–H and O–H groups in total. The molecule has 1 heterocycles. The summed E-state index contributed by atoms with van der Waals surface area (Å²) in [5, 5.41) is 8.51. The number of hydrogen-bond acceptors (Lipinski definition) is 4. The highest BCUT2D eigenvalue weighted by Gasteiger charge is 2.04. The standard InChI is InChI=1S/C15H11BrO4S/c16-14-8-6-12(21-14)5-7-13(17)10-1-3-11(4-2-10)20-9-15(18)19/h1-8H,9H2,(H,18,19)/b7-5+. The van der Waals surface area contributed by atoms with E-state index in [4.69, 9.17) is 9.84 Å². The molecule has 0 aliphatic rings. The Balaban J connectivity index is 1.99. The van der Waals surface area contributed by atoms with Crippen LogP contribution in [0.5, 0.6) is 5.75 Å². The first-order valence-corrected chi connectivity index (χ1v) is 7.58. The zero-order chi connectivity index (χ0) is 15.2. The lowest BCUT2D eigenvalue weighted by molar-refractivity contribution is -0.139. The highest BCUT2D eigenvalue weighted by molar-refractivity contribution is 9.11. The number of benzene rings is 1. The van der Waals surface area contributed by atoms with Gasteiger partial charge in [0.25, 0.3) is 0 Å². The quantitative estimate of drug-likeness (QED) is 0.622. The first-order valence-electron chi connectivity index (χ1n) is 5.97. The number of ketones is 1. The Labute approximate surface area is 133 Å². The minimum Gasteiger partial charge on any atom is -0.482 e. The number of carboxylic acids is 1. The van der Waals surface area contributed by atoms with Crippen molar-refractivity contribution in [1.82, 2.24) is 0 Å². The van der Waals surface area contributed by atoms with Crippen LogP contribution < -0.4 is 4.74 Å². The minimum atomic E-state index is -1.04. The highest BCUT2D eigenvalue weighted by atomic mass is 79.9. The van der Waals surface area contributed by atoms with E-state index in [9.17, 15) is 9.59 Å². The molecule has 2 aromatic rings. The fraction of sp³-hybridized carbons (Fsp3) is 0.0667. The fourth-order valence-electron chi connectivity index (χ4n) is 1.53. The Bertz CT molecular complexity index is 673. The number of thiophene rings is 1. The molecular weight excluding hydrogens is 356 g/mol. The average Bonchev–Trinajstić information content (AvgIpc) is 2.89. The molecule has 1 aromatic heterocycles. The second-order valence-corrected chi connectivity index (χ2v) is 6.54. The molecular formula is C15H11BrO4S. The van der Waals surface area contributed by atoms with Gasteiger partial charge in [-0.15, -0.1) is 11.3 Å². The van der Waals surface area contributed by atoms with Crippen molar-refractivity contribution >= 4 is 45.1 Å². The number of carbonyl (C=O) groups excluding carboxylic acids is 1. The van der Waals surface area contributed by atoms with Crippen molar-refractivity contribution in [3.63, 3.8) is 0 Å². The Morgan fingerprint density at radius 1 is 1.19 bits per heavy atom. The predicted molar refractivity (Wildman–Crippen MR) is 85.0 cm³/mol. The molecule has 0 bridgehead atoms. The summed E-state index contributed by atoms with van der Waals surface area (Å²) in [7, 11) is 0. The summed E-state index contributed by atoms with van der Waals surface area (Å²) in [6.45, 7) is -0.402. The van der Waals surface area contributed by atoms with E-state index in [-0.39, 0.29) is 5.78 Å². The number of rotatable bonds is 6. The third-order valence-electron chi connectivity index (χ3n) is 2.49. The van der Waals surface area contributed by atoms with Crippen molar-refractivity contribution in [2.45, 2.75) is 0 Å². The minimum absolute atomic E-state index is 0.121. The largest absolute Gasteiger partial charge is 0.482 e. The molecule has 108 valence electrons. The second-order valence-electron chi connectivity index (χ2n) is 4.05. The molecule has 6 heteroatoms. The molecule has 0 unspecified atom stereocenters. The van der Waals surface area contributed by atoms with Crippen molar-refractivity contribution in [3.8, 4) is 5.75 Å². The van der Waals surface area contributed by atoms with Gasteiger partial charge in [-0.3, -0.25) is 4.79 Å². The van der Waals surface area contributed by atoms with Gasteiger partial charge in [-0.05, 0) is 64.5 Å². The topological polar surface area (TPSA) is 63.6 Å². The van der Waals surface area contributed by atoms with Crippen molar-refractivity contribution in [2.75, 3.05) is 6.61 Å². The van der Waals surface area contributed by atoms with Gasteiger partial charge in [0.15, 0.2) is 12.4 Å². The lowest BCUT2D eigenvalue weighted by Crippen LogP contribution is -2.09. The van der Waals surface area contributed by atoms with E-state index in [1.807, 2.05) is 12.1 Å². The van der Waals surface area contributed by atoms with E-state index in [0.717, 1.165) is 8.66 Å². The van der Waals surface area contributed by atoms with Crippen molar-refractivity contribution in [2.24, 2.45) is 0 Å². The van der Waals surface area contributed by atoms with Crippen molar-refractivity contribution in [1.29, 1.82) is 0 Å². The summed E-state index contributed by atoms with van der Waals surface area (Å²) in [6.07, 6.45) is 3.26. The van der Waals surface area contributed by atoms with Crippen LogP contribution in [0.4, 0.5) is 0 Å². The number of ether oxygens (including phenoxy) is 1. The lowest BCUT2D eigenvalue weighted by Gasteiger charge is -2.03. The van der Waals surface area contributed by atoms with E-state index in [1.54, 1.807) is 30.3 Å². The molecule has 0 saturated carbocycles. The molecule has 1 aromatic carbocycles. The molecule has 21 heavy (non-hydrogen) atoms. The first-order chi connectivity index (χ1) is 10.0. The van der Waals surface area contributed by atoms with Crippen LogP contribution in [0.15, 0.2) is 46.3 Å². The van der Waals surface area contributed by atoms with E-state index in [1.165, 1.54) is 17.4 Å². The molecule has 2 rings (SSSR count). The van der Waals surface area contributed by atoms with Crippen LogP contribution in [0, 0.1) is 0 Å². The van der Waals surface area contributed by atoms with Gasteiger partial charge in [-0.25, -0.2) is 4.79 Å². The lowest BCUT2D eigenvalue weighted by atomic mass is 10.1. The van der Waals surface area contributed by atoms with E-state index >= 15 is 0 Å². The molecule has 0 atom stereocenters. The van der Waals surface area contributed by atoms with Crippen LogP contribution in [0.1, 0.15) is 15.2 Å². The smallest absolute Gasteiger partial charge is 0.341 e. The Morgan fingerprint density at radius 2 is 1.90 bits per heavy atom. The van der Waals surface area contributed by atoms with Crippen molar-refractivity contribution < 1.29 is 19.4 Å². The number of halogens is 1. The molecule has 0 aliphatic heterocycles. The van der Waals surface area contributed by atoms with Crippen LogP contribution in [-0.4, -0.2) is 23.5 Å². The van der Waals surface area contributed by atoms with Gasteiger partial charge in [0.2, 0.25) is 0 Å². The third kappa shape index (κ3) is 4.84. The van der Waals surface area contributed by atoms with Crippen LogP contribution in [0.2, 0.25) is 0 Å². The van der Waals surface area contributed by atoms with Crippen LogP contribution in [-0.2, 0) is 4.79 Å². The van der Waals surface area contributed by atoms with Crippen LogP contribution >= 0.6 is 27.3 Å². The molecule has 0 fully saturated rings. The van der Waals surface area contributed by atoms with Gasteiger partial charge < -0.3 is 9.84 Å². The summed E-state index contributed by atoms with van der Waals surface area (Å²) in [6, 6.07) is 10.2. The number of hydrogen-bond donors (Lipinski definition) is 1. The summed E-state index contributed by atoms with van der Waals surface area (Å²) < 4.78 is 6.01. The summed E-state index contributed by atoms with van der Waals surface area (Å²) in [4.78, 5) is 23.3. The zero-order valence-electron chi connectivity index (χ0n) is 10.8. The summed E-state index contributed by atoms with van der Waals surface area (Å²) >= 11 is 4.90. The number of carbonyl (C=O) groups is 2. The average molecular weight is 367 g/mol. The first kappa shape index (κ1) is 15.5. The van der Waals surface area contributed by atoms with Gasteiger partial charge in [0, 0.05) is 10.4 Å². The monoisotopic (exact) mass is 366 g/mol. The van der Waals surface area contributed by atoms with Gasteiger partial charge in [0.1, 0.15) is 5.75 Å². The predicted octanol–water partition coefficient (Wildman–Crippen LogP) is 3.87. The molecule has 0 aliphatic carbocycles. The number of aliphatic carboxylic acids is 1. The summed E-state index contributed by atoms with van der Waals surface area (Å²) in [5.74, 6) is -0.746. The maximum atomic E-state index is 12.0. The Hall–Kier alpha value is -1.92. The van der Waals surface area contributed by atoms with Crippen LogP contribution in [0.25, 0.3) is 6.08 Å². The maximum Gasteiger partial charge on any atom is 0.341 e. The van der Waals surface area contributed by atoms with E-state index in [2.05, 4.69) is 15.9 Å². The maximum absolute atomic E-state index is 12.0. The second kappa shape index (κ2) is 7.19. The number of carboxylic acid groups (broad SMARTS) is 1. The zero-order valence-corrected chi connectivity index (χ0v) is 13.2. The molecule has 0 saturated heterocycles.